The lowest BCUT2D eigenvalue weighted by Gasteiger charge is -2.32. The van der Waals surface area contributed by atoms with E-state index in [-0.39, 0.29) is 0 Å². The molecule has 2 fully saturated rings. The Kier molecular flexibility index (Phi) is 6.64. The Bertz CT molecular complexity index is 291. The molecule has 0 bridgehead atoms. The SMILES string of the molecule is CCCN1CCC(CNC(=NCC2CC2)NCC)CC1. The Morgan fingerprint density at radius 1 is 1.05 bits per heavy atom. The highest BCUT2D eigenvalue weighted by Gasteiger charge is 2.21. The summed E-state index contributed by atoms with van der Waals surface area (Å²) in [5, 5.41) is 6.90. The first-order valence-electron chi connectivity index (χ1n) is 8.56. The molecular formula is C16H32N4. The van der Waals surface area contributed by atoms with Crippen LogP contribution in [0.15, 0.2) is 4.99 Å². The van der Waals surface area contributed by atoms with E-state index < -0.39 is 0 Å². The first-order valence-corrected chi connectivity index (χ1v) is 8.56. The summed E-state index contributed by atoms with van der Waals surface area (Å²) in [7, 11) is 0. The van der Waals surface area contributed by atoms with E-state index in [0.29, 0.717) is 0 Å². The van der Waals surface area contributed by atoms with E-state index in [2.05, 4.69) is 34.4 Å². The van der Waals surface area contributed by atoms with Crippen molar-refractivity contribution in [3.63, 3.8) is 0 Å². The van der Waals surface area contributed by atoms with Gasteiger partial charge in [-0.25, -0.2) is 0 Å². The fraction of sp³-hybridized carbons (Fsp3) is 0.938. The van der Waals surface area contributed by atoms with Gasteiger partial charge in [0, 0.05) is 19.6 Å². The van der Waals surface area contributed by atoms with Gasteiger partial charge in [0.25, 0.3) is 0 Å². The summed E-state index contributed by atoms with van der Waals surface area (Å²) in [5.41, 5.74) is 0. The minimum atomic E-state index is 0.813. The summed E-state index contributed by atoms with van der Waals surface area (Å²) < 4.78 is 0. The first-order chi connectivity index (χ1) is 9.81. The molecule has 2 aliphatic rings. The average Bonchev–Trinajstić information content (AvgIpc) is 3.28. The van der Waals surface area contributed by atoms with Gasteiger partial charge in [-0.3, -0.25) is 4.99 Å². The van der Waals surface area contributed by atoms with Gasteiger partial charge in [0.2, 0.25) is 0 Å². The van der Waals surface area contributed by atoms with Gasteiger partial charge in [-0.15, -0.1) is 0 Å². The number of rotatable bonds is 7. The minimum absolute atomic E-state index is 0.813. The zero-order chi connectivity index (χ0) is 14.2. The number of nitrogens with one attached hydrogen (secondary N) is 2. The lowest BCUT2D eigenvalue weighted by Crippen LogP contribution is -2.43. The molecule has 0 spiro atoms. The van der Waals surface area contributed by atoms with Crippen molar-refractivity contribution in [2.75, 3.05) is 39.3 Å². The molecule has 4 nitrogen and oxygen atoms in total. The van der Waals surface area contributed by atoms with Gasteiger partial charge in [-0.05, 0) is 70.5 Å². The molecule has 1 saturated carbocycles. The molecular weight excluding hydrogens is 248 g/mol. The lowest BCUT2D eigenvalue weighted by atomic mass is 9.97. The zero-order valence-electron chi connectivity index (χ0n) is 13.3. The summed E-state index contributed by atoms with van der Waals surface area (Å²) in [6.07, 6.45) is 6.68. The predicted octanol–water partition coefficient (Wildman–Crippen LogP) is 2.07. The Morgan fingerprint density at radius 3 is 2.40 bits per heavy atom. The molecule has 1 aliphatic heterocycles. The van der Waals surface area contributed by atoms with E-state index in [1.165, 1.54) is 51.7 Å². The van der Waals surface area contributed by atoms with Crippen molar-refractivity contribution in [3.05, 3.63) is 0 Å². The molecule has 2 N–H and O–H groups in total. The van der Waals surface area contributed by atoms with E-state index >= 15 is 0 Å². The van der Waals surface area contributed by atoms with Gasteiger partial charge in [-0.1, -0.05) is 6.92 Å². The van der Waals surface area contributed by atoms with Crippen LogP contribution < -0.4 is 10.6 Å². The number of likely N-dealkylation sites (tertiary alicyclic amines) is 1. The van der Waals surface area contributed by atoms with Crippen molar-refractivity contribution in [2.24, 2.45) is 16.8 Å². The molecule has 1 aliphatic carbocycles. The minimum Gasteiger partial charge on any atom is -0.357 e. The maximum Gasteiger partial charge on any atom is 0.191 e. The largest absolute Gasteiger partial charge is 0.357 e. The number of nitrogens with zero attached hydrogens (tertiary/aromatic N) is 2. The Balaban J connectivity index is 1.65. The first kappa shape index (κ1) is 15.6. The maximum absolute atomic E-state index is 4.69. The maximum atomic E-state index is 4.69. The van der Waals surface area contributed by atoms with Crippen LogP contribution in [0.25, 0.3) is 0 Å². The third-order valence-corrected chi connectivity index (χ3v) is 4.35. The highest BCUT2D eigenvalue weighted by Crippen LogP contribution is 2.28. The molecule has 0 atom stereocenters. The number of aliphatic imine (C=N–C) groups is 1. The van der Waals surface area contributed by atoms with E-state index in [4.69, 9.17) is 0 Å². The standard InChI is InChI=1S/C16H32N4/c1-3-9-20-10-7-15(8-11-20)13-19-16(17-4-2)18-12-14-5-6-14/h14-15H,3-13H2,1-2H3,(H2,17,18,19). The zero-order valence-corrected chi connectivity index (χ0v) is 13.3. The Labute approximate surface area is 124 Å². The van der Waals surface area contributed by atoms with Crippen LogP contribution in [-0.4, -0.2) is 50.1 Å². The highest BCUT2D eigenvalue weighted by molar-refractivity contribution is 5.79. The summed E-state index contributed by atoms with van der Waals surface area (Å²) in [6, 6.07) is 0. The Hall–Kier alpha value is -0.770. The van der Waals surface area contributed by atoms with Gasteiger partial charge in [0.15, 0.2) is 5.96 Å². The molecule has 2 rings (SSSR count). The monoisotopic (exact) mass is 280 g/mol. The summed E-state index contributed by atoms with van der Waals surface area (Å²) in [4.78, 5) is 7.29. The summed E-state index contributed by atoms with van der Waals surface area (Å²) >= 11 is 0. The predicted molar refractivity (Wildman–Crippen MR) is 86.2 cm³/mol. The van der Waals surface area contributed by atoms with Crippen LogP contribution in [0, 0.1) is 11.8 Å². The van der Waals surface area contributed by atoms with Crippen LogP contribution in [0.1, 0.15) is 46.0 Å². The van der Waals surface area contributed by atoms with Gasteiger partial charge in [0.1, 0.15) is 0 Å². The molecule has 0 unspecified atom stereocenters. The lowest BCUT2D eigenvalue weighted by molar-refractivity contribution is 0.185. The second kappa shape index (κ2) is 8.50. The van der Waals surface area contributed by atoms with Gasteiger partial charge in [-0.2, -0.15) is 0 Å². The van der Waals surface area contributed by atoms with Crippen LogP contribution in [0.4, 0.5) is 0 Å². The van der Waals surface area contributed by atoms with Crippen molar-refractivity contribution in [1.29, 1.82) is 0 Å². The molecule has 0 radical (unpaired) electrons. The number of piperidine rings is 1. The molecule has 0 aromatic rings. The quantitative estimate of drug-likeness (QED) is 0.554. The number of hydrogen-bond donors (Lipinski definition) is 2. The topological polar surface area (TPSA) is 39.7 Å². The number of hydrogen-bond acceptors (Lipinski definition) is 2. The molecule has 0 aromatic carbocycles. The van der Waals surface area contributed by atoms with E-state index in [1.54, 1.807) is 0 Å². The van der Waals surface area contributed by atoms with Crippen molar-refractivity contribution in [2.45, 2.75) is 46.0 Å². The highest BCUT2D eigenvalue weighted by atomic mass is 15.2. The number of guanidine groups is 1. The van der Waals surface area contributed by atoms with E-state index in [1.807, 2.05) is 0 Å². The molecule has 0 aromatic heterocycles. The van der Waals surface area contributed by atoms with Crippen LogP contribution >= 0.6 is 0 Å². The van der Waals surface area contributed by atoms with Crippen LogP contribution in [0.2, 0.25) is 0 Å². The van der Waals surface area contributed by atoms with Gasteiger partial charge in [0.05, 0.1) is 0 Å². The third-order valence-electron chi connectivity index (χ3n) is 4.35. The van der Waals surface area contributed by atoms with Crippen molar-refractivity contribution in [1.82, 2.24) is 15.5 Å². The van der Waals surface area contributed by atoms with Gasteiger partial charge < -0.3 is 15.5 Å². The summed E-state index contributed by atoms with van der Waals surface area (Å²) in [5.74, 6) is 2.70. The molecule has 116 valence electrons. The Morgan fingerprint density at radius 2 is 1.80 bits per heavy atom. The van der Waals surface area contributed by atoms with Crippen molar-refractivity contribution in [3.8, 4) is 0 Å². The van der Waals surface area contributed by atoms with Crippen LogP contribution in [0.5, 0.6) is 0 Å². The van der Waals surface area contributed by atoms with Crippen molar-refractivity contribution >= 4 is 5.96 Å². The molecule has 0 amide bonds. The molecule has 1 saturated heterocycles. The normalized spacial score (nSPS) is 22.0. The second-order valence-electron chi connectivity index (χ2n) is 6.33. The molecule has 20 heavy (non-hydrogen) atoms. The van der Waals surface area contributed by atoms with Crippen molar-refractivity contribution < 1.29 is 0 Å². The second-order valence-corrected chi connectivity index (χ2v) is 6.33. The fourth-order valence-electron chi connectivity index (χ4n) is 2.83. The smallest absolute Gasteiger partial charge is 0.191 e. The van der Waals surface area contributed by atoms with Crippen LogP contribution in [0.3, 0.4) is 0 Å². The van der Waals surface area contributed by atoms with E-state index in [0.717, 1.165) is 37.4 Å². The van der Waals surface area contributed by atoms with Crippen LogP contribution in [-0.2, 0) is 0 Å². The fourth-order valence-corrected chi connectivity index (χ4v) is 2.83. The third kappa shape index (κ3) is 5.70. The molecule has 4 heteroatoms. The van der Waals surface area contributed by atoms with E-state index in [9.17, 15) is 0 Å². The molecule has 1 heterocycles. The summed E-state index contributed by atoms with van der Waals surface area (Å²) in [6.45, 7) is 11.3. The van der Waals surface area contributed by atoms with Gasteiger partial charge >= 0.3 is 0 Å². The average molecular weight is 280 g/mol.